The van der Waals surface area contributed by atoms with Crippen molar-refractivity contribution in [3.63, 3.8) is 0 Å². The van der Waals surface area contributed by atoms with Gasteiger partial charge in [0.2, 0.25) is 0 Å². The van der Waals surface area contributed by atoms with Gasteiger partial charge in [0.1, 0.15) is 0 Å². The highest BCUT2D eigenvalue weighted by Crippen LogP contribution is 2.37. The summed E-state index contributed by atoms with van der Waals surface area (Å²) in [7, 11) is 0. The van der Waals surface area contributed by atoms with Crippen LogP contribution in [-0.4, -0.2) is 0 Å². The number of benzene rings is 1. The number of hydrogen-bond donors (Lipinski definition) is 0. The molecule has 0 nitrogen and oxygen atoms in total. The first-order valence-electron chi connectivity index (χ1n) is 7.65. The molecule has 0 aromatic heterocycles. The Balaban J connectivity index is 1.92. The zero-order valence-electron chi connectivity index (χ0n) is 12.8. The second-order valence-corrected chi connectivity index (χ2v) is 6.06. The predicted octanol–water partition coefficient (Wildman–Crippen LogP) is 5.58. The van der Waals surface area contributed by atoms with Gasteiger partial charge in [0.05, 0.1) is 0 Å². The maximum absolute atomic E-state index is 4.31. The summed E-state index contributed by atoms with van der Waals surface area (Å²) in [4.78, 5) is 0. The molecule has 21 heavy (non-hydrogen) atoms. The molecule has 0 heteroatoms. The SMILES string of the molecule is C=C1CC(=C)C(=CC2=CCc3cc(CC)ccc3C2=C)C1. The highest BCUT2D eigenvalue weighted by molar-refractivity contribution is 5.84. The molecule has 2 aliphatic carbocycles. The molecule has 1 fully saturated rings. The number of hydrogen-bond acceptors (Lipinski definition) is 0. The number of aryl methyl sites for hydroxylation is 1. The Bertz CT molecular complexity index is 708. The topological polar surface area (TPSA) is 0 Å². The molecule has 1 aromatic rings. The molecule has 1 saturated carbocycles. The Kier molecular flexibility index (Phi) is 3.55. The van der Waals surface area contributed by atoms with Gasteiger partial charge < -0.3 is 0 Å². The summed E-state index contributed by atoms with van der Waals surface area (Å²) in [5.74, 6) is 0. The molecule has 0 aliphatic heterocycles. The summed E-state index contributed by atoms with van der Waals surface area (Å²) in [6.45, 7) is 14.7. The van der Waals surface area contributed by atoms with Gasteiger partial charge in [-0.1, -0.05) is 62.6 Å². The standard InChI is InChI=1S/C21H22/c1-5-17-6-9-21-16(4)18(7-8-19(21)12-17)13-20-11-14(2)10-15(20)3/h6-7,9,12-13H,2-5,8,10-11H2,1H3. The van der Waals surface area contributed by atoms with Gasteiger partial charge in [-0.05, 0) is 64.7 Å². The average Bonchev–Trinajstić information content (AvgIpc) is 2.79. The third-order valence-electron chi connectivity index (χ3n) is 4.48. The van der Waals surface area contributed by atoms with Crippen molar-refractivity contribution in [3.8, 4) is 0 Å². The second kappa shape index (κ2) is 5.37. The van der Waals surface area contributed by atoms with E-state index in [9.17, 15) is 0 Å². The number of allylic oxidation sites excluding steroid dienone is 7. The van der Waals surface area contributed by atoms with E-state index in [4.69, 9.17) is 0 Å². The van der Waals surface area contributed by atoms with Gasteiger partial charge in [0.25, 0.3) is 0 Å². The van der Waals surface area contributed by atoms with Crippen LogP contribution in [0.1, 0.15) is 36.5 Å². The van der Waals surface area contributed by atoms with E-state index in [-0.39, 0.29) is 0 Å². The first-order valence-corrected chi connectivity index (χ1v) is 7.65. The minimum atomic E-state index is 0.946. The van der Waals surface area contributed by atoms with Gasteiger partial charge in [-0.2, -0.15) is 0 Å². The summed E-state index contributed by atoms with van der Waals surface area (Å²) in [6.07, 6.45) is 8.55. The summed E-state index contributed by atoms with van der Waals surface area (Å²) in [6, 6.07) is 6.76. The lowest BCUT2D eigenvalue weighted by molar-refractivity contribution is 1.11. The summed E-state index contributed by atoms with van der Waals surface area (Å²) in [5, 5.41) is 0. The van der Waals surface area contributed by atoms with E-state index in [1.165, 1.54) is 39.0 Å². The molecular formula is C21H22. The zero-order chi connectivity index (χ0) is 15.0. The normalized spacial score (nSPS) is 20.0. The van der Waals surface area contributed by atoms with Gasteiger partial charge in [-0.25, -0.2) is 0 Å². The van der Waals surface area contributed by atoms with E-state index >= 15 is 0 Å². The Hall–Kier alpha value is -2.08. The molecule has 2 aliphatic rings. The van der Waals surface area contributed by atoms with Crippen molar-refractivity contribution in [2.45, 2.75) is 32.6 Å². The largest absolute Gasteiger partial charge is 0.0992 e. The molecule has 3 rings (SSSR count). The molecule has 1 aromatic carbocycles. The molecule has 0 radical (unpaired) electrons. The molecule has 0 amide bonds. The summed E-state index contributed by atoms with van der Waals surface area (Å²) >= 11 is 0. The smallest absolute Gasteiger partial charge is 0.00636 e. The molecule has 0 heterocycles. The van der Waals surface area contributed by atoms with Crippen molar-refractivity contribution in [2.24, 2.45) is 0 Å². The van der Waals surface area contributed by atoms with Crippen LogP contribution in [0.4, 0.5) is 0 Å². The first kappa shape index (κ1) is 13.9. The zero-order valence-corrected chi connectivity index (χ0v) is 12.8. The van der Waals surface area contributed by atoms with Crippen LogP contribution in [0, 0.1) is 0 Å². The quantitative estimate of drug-likeness (QED) is 0.618. The van der Waals surface area contributed by atoms with Crippen molar-refractivity contribution < 1.29 is 0 Å². The molecule has 106 valence electrons. The molecule has 0 bridgehead atoms. The van der Waals surface area contributed by atoms with Gasteiger partial charge >= 0.3 is 0 Å². The van der Waals surface area contributed by atoms with Crippen molar-refractivity contribution in [1.82, 2.24) is 0 Å². The monoisotopic (exact) mass is 274 g/mol. The maximum atomic E-state index is 4.31. The van der Waals surface area contributed by atoms with Gasteiger partial charge in [-0.3, -0.25) is 0 Å². The molecule has 0 N–H and O–H groups in total. The molecular weight excluding hydrogens is 252 g/mol. The van der Waals surface area contributed by atoms with E-state index in [1.807, 2.05) is 0 Å². The average molecular weight is 274 g/mol. The fourth-order valence-electron chi connectivity index (χ4n) is 3.19. The van der Waals surface area contributed by atoms with E-state index in [0.717, 1.165) is 31.3 Å². The van der Waals surface area contributed by atoms with Crippen LogP contribution in [0.25, 0.3) is 5.57 Å². The Labute approximate surface area is 127 Å². The lowest BCUT2D eigenvalue weighted by atomic mass is 9.85. The Morgan fingerprint density at radius 1 is 1.14 bits per heavy atom. The van der Waals surface area contributed by atoms with Crippen LogP contribution in [0.3, 0.4) is 0 Å². The van der Waals surface area contributed by atoms with Crippen LogP contribution in [0.5, 0.6) is 0 Å². The fraction of sp³-hybridized carbons (Fsp3) is 0.238. The third-order valence-corrected chi connectivity index (χ3v) is 4.48. The van der Waals surface area contributed by atoms with Crippen molar-refractivity contribution in [3.05, 3.63) is 89.1 Å². The Morgan fingerprint density at radius 3 is 2.62 bits per heavy atom. The Morgan fingerprint density at radius 2 is 1.95 bits per heavy atom. The van der Waals surface area contributed by atoms with Crippen molar-refractivity contribution >= 4 is 5.57 Å². The highest BCUT2D eigenvalue weighted by atomic mass is 14.2. The van der Waals surface area contributed by atoms with Crippen LogP contribution >= 0.6 is 0 Å². The fourth-order valence-corrected chi connectivity index (χ4v) is 3.19. The van der Waals surface area contributed by atoms with E-state index in [1.54, 1.807) is 0 Å². The predicted molar refractivity (Wildman–Crippen MR) is 92.2 cm³/mol. The molecule has 0 unspecified atom stereocenters. The van der Waals surface area contributed by atoms with Crippen LogP contribution < -0.4 is 0 Å². The summed E-state index contributed by atoms with van der Waals surface area (Å²) in [5.41, 5.74) is 10.3. The lowest BCUT2D eigenvalue weighted by Crippen LogP contribution is -2.02. The molecule has 0 atom stereocenters. The van der Waals surface area contributed by atoms with Crippen molar-refractivity contribution in [2.75, 3.05) is 0 Å². The van der Waals surface area contributed by atoms with Gasteiger partial charge in [0, 0.05) is 0 Å². The molecule has 0 saturated heterocycles. The third kappa shape index (κ3) is 2.58. The second-order valence-electron chi connectivity index (χ2n) is 6.06. The van der Waals surface area contributed by atoms with E-state index in [0.29, 0.717) is 0 Å². The van der Waals surface area contributed by atoms with Crippen LogP contribution in [0.15, 0.2) is 72.4 Å². The van der Waals surface area contributed by atoms with E-state index < -0.39 is 0 Å². The van der Waals surface area contributed by atoms with Gasteiger partial charge in [-0.15, -0.1) is 0 Å². The van der Waals surface area contributed by atoms with Crippen LogP contribution in [-0.2, 0) is 12.8 Å². The van der Waals surface area contributed by atoms with Gasteiger partial charge in [0.15, 0.2) is 0 Å². The van der Waals surface area contributed by atoms with Crippen LogP contribution in [0.2, 0.25) is 0 Å². The first-order chi connectivity index (χ1) is 10.1. The number of rotatable bonds is 2. The maximum Gasteiger partial charge on any atom is -0.00636 e. The van der Waals surface area contributed by atoms with Crippen molar-refractivity contribution in [1.29, 1.82) is 0 Å². The van der Waals surface area contributed by atoms with E-state index in [2.05, 4.69) is 57.0 Å². The summed E-state index contributed by atoms with van der Waals surface area (Å²) < 4.78 is 0. The lowest BCUT2D eigenvalue weighted by Gasteiger charge is -2.19. The minimum Gasteiger partial charge on any atom is -0.0992 e. The number of fused-ring (bicyclic) bond motifs is 1. The highest BCUT2D eigenvalue weighted by Gasteiger charge is 2.18. The minimum absolute atomic E-state index is 0.946. The molecule has 0 spiro atoms.